The lowest BCUT2D eigenvalue weighted by molar-refractivity contribution is -0.131. The zero-order valence-electron chi connectivity index (χ0n) is 8.84. The first-order valence-corrected chi connectivity index (χ1v) is 4.93. The van der Waals surface area contributed by atoms with Crippen LogP contribution < -0.4 is 0 Å². The Labute approximate surface area is 93.1 Å². The minimum atomic E-state index is -0.932. The molecule has 0 atom stereocenters. The standard InChI is InChI=1S/C13H11NO2/c1-9(7-13(15)16)11-4-2-3-10-5-6-14-8-12(10)11/h2-8H,1H3,(H,15,16)/b9-7-. The van der Waals surface area contributed by atoms with Crippen molar-refractivity contribution in [3.8, 4) is 0 Å². The summed E-state index contributed by atoms with van der Waals surface area (Å²) in [6.45, 7) is 1.79. The Morgan fingerprint density at radius 2 is 2.19 bits per heavy atom. The molecule has 16 heavy (non-hydrogen) atoms. The van der Waals surface area contributed by atoms with Crippen molar-refractivity contribution in [3.05, 3.63) is 48.3 Å². The van der Waals surface area contributed by atoms with Crippen LogP contribution in [-0.4, -0.2) is 16.1 Å². The summed E-state index contributed by atoms with van der Waals surface area (Å²) >= 11 is 0. The van der Waals surface area contributed by atoms with E-state index in [9.17, 15) is 4.79 Å². The first-order chi connectivity index (χ1) is 7.68. The zero-order valence-corrected chi connectivity index (χ0v) is 8.84. The fourth-order valence-electron chi connectivity index (χ4n) is 1.72. The van der Waals surface area contributed by atoms with Gasteiger partial charge in [-0.05, 0) is 29.5 Å². The summed E-state index contributed by atoms with van der Waals surface area (Å²) in [6, 6.07) is 7.71. The van der Waals surface area contributed by atoms with Gasteiger partial charge in [-0.2, -0.15) is 0 Å². The molecular formula is C13H11NO2. The SMILES string of the molecule is C/C(=C/C(=O)O)c1cccc2ccncc12. The molecule has 80 valence electrons. The largest absolute Gasteiger partial charge is 0.478 e. The van der Waals surface area contributed by atoms with Gasteiger partial charge < -0.3 is 5.11 Å². The van der Waals surface area contributed by atoms with Crippen molar-refractivity contribution < 1.29 is 9.90 Å². The number of fused-ring (bicyclic) bond motifs is 1. The van der Waals surface area contributed by atoms with Gasteiger partial charge >= 0.3 is 5.97 Å². The number of carboxylic acid groups (broad SMARTS) is 1. The van der Waals surface area contributed by atoms with E-state index < -0.39 is 5.97 Å². The van der Waals surface area contributed by atoms with Crippen molar-refractivity contribution in [2.45, 2.75) is 6.92 Å². The number of rotatable bonds is 2. The molecule has 1 aromatic heterocycles. The van der Waals surface area contributed by atoms with E-state index in [1.165, 1.54) is 6.08 Å². The summed E-state index contributed by atoms with van der Waals surface area (Å²) in [5, 5.41) is 10.8. The number of hydrogen-bond acceptors (Lipinski definition) is 2. The van der Waals surface area contributed by atoms with E-state index in [0.29, 0.717) is 0 Å². The minimum Gasteiger partial charge on any atom is -0.478 e. The molecule has 0 aliphatic heterocycles. The van der Waals surface area contributed by atoms with Crippen molar-refractivity contribution in [3.63, 3.8) is 0 Å². The van der Waals surface area contributed by atoms with Crippen molar-refractivity contribution in [1.29, 1.82) is 0 Å². The molecule has 0 aliphatic rings. The summed E-state index contributed by atoms with van der Waals surface area (Å²) in [4.78, 5) is 14.7. The second-order valence-corrected chi connectivity index (χ2v) is 3.57. The second kappa shape index (κ2) is 4.14. The normalized spacial score (nSPS) is 11.7. The maximum absolute atomic E-state index is 10.6. The lowest BCUT2D eigenvalue weighted by Crippen LogP contribution is -1.91. The van der Waals surface area contributed by atoms with Crippen molar-refractivity contribution in [2.24, 2.45) is 0 Å². The average Bonchev–Trinajstić information content (AvgIpc) is 2.27. The molecular weight excluding hydrogens is 202 g/mol. The highest BCUT2D eigenvalue weighted by Crippen LogP contribution is 2.23. The Balaban J connectivity index is 2.65. The molecule has 3 nitrogen and oxygen atoms in total. The van der Waals surface area contributed by atoms with E-state index in [1.54, 1.807) is 19.3 Å². The predicted octanol–water partition coefficient (Wildman–Crippen LogP) is 2.72. The lowest BCUT2D eigenvalue weighted by Gasteiger charge is -2.05. The van der Waals surface area contributed by atoms with Gasteiger partial charge in [0.1, 0.15) is 0 Å². The van der Waals surface area contributed by atoms with Gasteiger partial charge in [-0.1, -0.05) is 18.2 Å². The van der Waals surface area contributed by atoms with Crippen LogP contribution in [0.15, 0.2) is 42.7 Å². The monoisotopic (exact) mass is 213 g/mol. The van der Waals surface area contributed by atoms with Gasteiger partial charge in [0, 0.05) is 23.9 Å². The number of aromatic nitrogens is 1. The molecule has 0 amide bonds. The Hall–Kier alpha value is -2.16. The number of nitrogens with zero attached hydrogens (tertiary/aromatic N) is 1. The number of carbonyl (C=O) groups is 1. The van der Waals surface area contributed by atoms with Crippen LogP contribution in [0, 0.1) is 0 Å². The lowest BCUT2D eigenvalue weighted by atomic mass is 10.0. The van der Waals surface area contributed by atoms with E-state index in [2.05, 4.69) is 4.98 Å². The number of allylic oxidation sites excluding steroid dienone is 1. The van der Waals surface area contributed by atoms with Gasteiger partial charge in [-0.25, -0.2) is 4.79 Å². The van der Waals surface area contributed by atoms with Crippen LogP contribution in [0.25, 0.3) is 16.3 Å². The fourth-order valence-corrected chi connectivity index (χ4v) is 1.72. The van der Waals surface area contributed by atoms with Gasteiger partial charge in [0.25, 0.3) is 0 Å². The molecule has 0 radical (unpaired) electrons. The second-order valence-electron chi connectivity index (χ2n) is 3.57. The van der Waals surface area contributed by atoms with Crippen molar-refractivity contribution in [1.82, 2.24) is 4.98 Å². The number of carboxylic acids is 1. The molecule has 3 heteroatoms. The smallest absolute Gasteiger partial charge is 0.328 e. The summed E-state index contributed by atoms with van der Waals surface area (Å²) in [5.41, 5.74) is 1.64. The molecule has 0 bridgehead atoms. The van der Waals surface area contributed by atoms with E-state index >= 15 is 0 Å². The van der Waals surface area contributed by atoms with Gasteiger partial charge in [-0.3, -0.25) is 4.98 Å². The van der Waals surface area contributed by atoms with E-state index in [-0.39, 0.29) is 0 Å². The Kier molecular flexibility index (Phi) is 2.68. The molecule has 0 saturated heterocycles. The van der Waals surface area contributed by atoms with Crippen LogP contribution in [0.3, 0.4) is 0 Å². The topological polar surface area (TPSA) is 50.2 Å². The molecule has 0 unspecified atom stereocenters. The third kappa shape index (κ3) is 1.93. The fraction of sp³-hybridized carbons (Fsp3) is 0.0769. The van der Waals surface area contributed by atoms with Gasteiger partial charge in [0.2, 0.25) is 0 Å². The van der Waals surface area contributed by atoms with Crippen LogP contribution in [0.5, 0.6) is 0 Å². The number of hydrogen-bond donors (Lipinski definition) is 1. The molecule has 1 heterocycles. The van der Waals surface area contributed by atoms with Crippen LogP contribution in [0.1, 0.15) is 12.5 Å². The maximum Gasteiger partial charge on any atom is 0.328 e. The van der Waals surface area contributed by atoms with Crippen LogP contribution >= 0.6 is 0 Å². The molecule has 1 N–H and O–H groups in total. The molecule has 2 aromatic rings. The first-order valence-electron chi connectivity index (χ1n) is 4.93. The summed E-state index contributed by atoms with van der Waals surface area (Å²) in [5.74, 6) is -0.932. The van der Waals surface area contributed by atoms with Crippen LogP contribution in [-0.2, 0) is 4.79 Å². The third-order valence-electron chi connectivity index (χ3n) is 2.45. The summed E-state index contributed by atoms with van der Waals surface area (Å²) in [6.07, 6.45) is 4.69. The first kappa shape index (κ1) is 10.4. The Bertz CT molecular complexity index is 568. The van der Waals surface area contributed by atoms with Crippen LogP contribution in [0.2, 0.25) is 0 Å². The number of aliphatic carboxylic acids is 1. The molecule has 0 fully saturated rings. The average molecular weight is 213 g/mol. The van der Waals surface area contributed by atoms with E-state index in [4.69, 9.17) is 5.11 Å². The highest BCUT2D eigenvalue weighted by atomic mass is 16.4. The zero-order chi connectivity index (χ0) is 11.5. The van der Waals surface area contributed by atoms with Gasteiger partial charge in [-0.15, -0.1) is 0 Å². The third-order valence-corrected chi connectivity index (χ3v) is 2.45. The van der Waals surface area contributed by atoms with Crippen LogP contribution in [0.4, 0.5) is 0 Å². The Morgan fingerprint density at radius 3 is 2.94 bits per heavy atom. The quantitative estimate of drug-likeness (QED) is 0.780. The minimum absolute atomic E-state index is 0.728. The van der Waals surface area contributed by atoms with Crippen molar-refractivity contribution >= 4 is 22.3 Å². The number of benzene rings is 1. The predicted molar refractivity (Wildman–Crippen MR) is 63.0 cm³/mol. The molecule has 0 aliphatic carbocycles. The van der Waals surface area contributed by atoms with Crippen molar-refractivity contribution in [2.75, 3.05) is 0 Å². The van der Waals surface area contributed by atoms with E-state index in [0.717, 1.165) is 21.9 Å². The molecule has 1 aromatic carbocycles. The number of pyridine rings is 1. The molecule has 2 rings (SSSR count). The molecule has 0 saturated carbocycles. The summed E-state index contributed by atoms with van der Waals surface area (Å²) in [7, 11) is 0. The highest BCUT2D eigenvalue weighted by Gasteiger charge is 2.03. The Morgan fingerprint density at radius 1 is 1.38 bits per heavy atom. The van der Waals surface area contributed by atoms with Gasteiger partial charge in [0.15, 0.2) is 0 Å². The van der Waals surface area contributed by atoms with E-state index in [1.807, 2.05) is 24.3 Å². The molecule has 0 spiro atoms. The maximum atomic E-state index is 10.6. The highest BCUT2D eigenvalue weighted by molar-refractivity contribution is 5.97. The van der Waals surface area contributed by atoms with Gasteiger partial charge in [0.05, 0.1) is 0 Å². The summed E-state index contributed by atoms with van der Waals surface area (Å²) < 4.78 is 0.